The number of para-hydroxylation sites is 1. The maximum atomic E-state index is 13.2. The van der Waals surface area contributed by atoms with Crippen LogP contribution in [0.5, 0.6) is 5.88 Å². The highest BCUT2D eigenvalue weighted by Crippen LogP contribution is 2.19. The molecular weight excluding hydrogens is 378 g/mol. The fourth-order valence-electron chi connectivity index (χ4n) is 3.56. The number of carbonyl (C=O) groups excluding carboxylic acids is 1. The topological polar surface area (TPSA) is 74.1 Å². The molecule has 0 saturated heterocycles. The predicted octanol–water partition coefficient (Wildman–Crippen LogP) is 3.70. The second-order valence-electron chi connectivity index (χ2n) is 7.17. The summed E-state index contributed by atoms with van der Waals surface area (Å²) in [4.78, 5) is 35.1. The van der Waals surface area contributed by atoms with Crippen LogP contribution in [0.25, 0.3) is 10.9 Å². The van der Waals surface area contributed by atoms with E-state index in [4.69, 9.17) is 4.74 Å². The highest BCUT2D eigenvalue weighted by molar-refractivity contribution is 6.10. The minimum atomic E-state index is -0.366. The number of methoxy groups -OCH3 is 1. The van der Waals surface area contributed by atoms with E-state index in [0.29, 0.717) is 23.4 Å². The molecule has 150 valence electrons. The number of hydrogen-bond acceptors (Lipinski definition) is 5. The summed E-state index contributed by atoms with van der Waals surface area (Å²) in [6.45, 7) is 4.19. The molecule has 6 nitrogen and oxygen atoms in total. The number of carbonyl (C=O) groups is 1. The monoisotopic (exact) mass is 399 g/mol. The lowest BCUT2D eigenvalue weighted by molar-refractivity contribution is 0.103. The Labute approximate surface area is 173 Å². The molecule has 0 radical (unpaired) electrons. The minimum absolute atomic E-state index is 0.104. The number of nitrogens with zero attached hydrogens (tertiary/aromatic N) is 3. The molecule has 4 aromatic rings. The second kappa shape index (κ2) is 7.91. The molecule has 0 aliphatic carbocycles. The van der Waals surface area contributed by atoms with E-state index in [0.717, 1.165) is 22.5 Å². The zero-order valence-electron chi connectivity index (χ0n) is 17.0. The van der Waals surface area contributed by atoms with Gasteiger partial charge in [-0.2, -0.15) is 0 Å². The van der Waals surface area contributed by atoms with E-state index in [1.54, 1.807) is 24.4 Å². The van der Waals surface area contributed by atoms with Gasteiger partial charge in [-0.25, -0.2) is 4.98 Å². The lowest BCUT2D eigenvalue weighted by atomic mass is 10.0. The first-order valence-corrected chi connectivity index (χ1v) is 9.58. The summed E-state index contributed by atoms with van der Waals surface area (Å²) in [5.41, 5.74) is 3.41. The highest BCUT2D eigenvalue weighted by atomic mass is 16.5. The molecule has 1 aromatic carbocycles. The van der Waals surface area contributed by atoms with Crippen molar-refractivity contribution < 1.29 is 9.53 Å². The number of rotatable bonds is 5. The molecule has 3 aromatic heterocycles. The third-order valence-electron chi connectivity index (χ3n) is 5.00. The summed E-state index contributed by atoms with van der Waals surface area (Å²) in [5.74, 6) is 0.0861. The molecule has 4 rings (SSSR count). The van der Waals surface area contributed by atoms with E-state index in [9.17, 15) is 9.59 Å². The van der Waals surface area contributed by atoms with Crippen molar-refractivity contribution in [3.8, 4) is 5.88 Å². The molecule has 0 unspecified atom stereocenters. The van der Waals surface area contributed by atoms with E-state index >= 15 is 0 Å². The number of ketones is 1. The van der Waals surface area contributed by atoms with Crippen LogP contribution >= 0.6 is 0 Å². The number of hydrogen-bond donors (Lipinski definition) is 0. The summed E-state index contributed by atoms with van der Waals surface area (Å²) in [7, 11) is 1.53. The number of aromatic nitrogens is 3. The van der Waals surface area contributed by atoms with Gasteiger partial charge < -0.3 is 9.30 Å². The quantitative estimate of drug-likeness (QED) is 0.479. The summed E-state index contributed by atoms with van der Waals surface area (Å²) >= 11 is 0. The zero-order chi connectivity index (χ0) is 21.3. The van der Waals surface area contributed by atoms with Crippen molar-refractivity contribution >= 4 is 16.7 Å². The molecule has 0 aliphatic rings. The molecule has 0 spiro atoms. The van der Waals surface area contributed by atoms with Gasteiger partial charge in [0.1, 0.15) is 0 Å². The maximum Gasteiger partial charge on any atom is 0.215 e. The average Bonchev–Trinajstić information content (AvgIpc) is 2.75. The summed E-state index contributed by atoms with van der Waals surface area (Å²) in [6, 6.07) is 14.8. The van der Waals surface area contributed by atoms with Gasteiger partial charge in [-0.3, -0.25) is 14.6 Å². The fourth-order valence-corrected chi connectivity index (χ4v) is 3.56. The van der Waals surface area contributed by atoms with Gasteiger partial charge in [-0.05, 0) is 44.2 Å². The standard InChI is InChI=1S/C24H21N3O3/c1-15-11-17(12-25-24(15)30-3)22(28)20-14-27(13-18-8-6-7-16(2)26-18)21-10-5-4-9-19(21)23(20)29/h4-12,14H,13H2,1-3H3. The van der Waals surface area contributed by atoms with Gasteiger partial charge >= 0.3 is 0 Å². The molecule has 0 bridgehead atoms. The van der Waals surface area contributed by atoms with E-state index in [2.05, 4.69) is 9.97 Å². The highest BCUT2D eigenvalue weighted by Gasteiger charge is 2.18. The van der Waals surface area contributed by atoms with Crippen molar-refractivity contribution in [3.63, 3.8) is 0 Å². The van der Waals surface area contributed by atoms with Crippen LogP contribution in [-0.2, 0) is 6.54 Å². The predicted molar refractivity (Wildman–Crippen MR) is 115 cm³/mol. The van der Waals surface area contributed by atoms with Crippen LogP contribution in [0.2, 0.25) is 0 Å². The van der Waals surface area contributed by atoms with E-state index < -0.39 is 0 Å². The molecule has 0 saturated carbocycles. The van der Waals surface area contributed by atoms with Crippen LogP contribution in [0.15, 0.2) is 65.7 Å². The summed E-state index contributed by atoms with van der Waals surface area (Å²) < 4.78 is 7.07. The van der Waals surface area contributed by atoms with Crippen LogP contribution < -0.4 is 10.2 Å². The molecule has 0 fully saturated rings. The second-order valence-corrected chi connectivity index (χ2v) is 7.17. The minimum Gasteiger partial charge on any atom is -0.481 e. The van der Waals surface area contributed by atoms with Crippen molar-refractivity contribution in [3.05, 3.63) is 99.2 Å². The van der Waals surface area contributed by atoms with Gasteiger partial charge in [-0.1, -0.05) is 18.2 Å². The van der Waals surface area contributed by atoms with Gasteiger partial charge in [0.25, 0.3) is 0 Å². The molecule has 6 heteroatoms. The van der Waals surface area contributed by atoms with E-state index in [1.165, 1.54) is 13.3 Å². The number of benzene rings is 1. The van der Waals surface area contributed by atoms with Crippen LogP contribution in [0.1, 0.15) is 32.9 Å². The third kappa shape index (κ3) is 3.59. The molecule has 0 amide bonds. The Balaban J connectivity index is 1.86. The van der Waals surface area contributed by atoms with Crippen molar-refractivity contribution in [1.29, 1.82) is 0 Å². The Morgan fingerprint density at radius 3 is 2.63 bits per heavy atom. The lowest BCUT2D eigenvalue weighted by Crippen LogP contribution is -2.20. The Morgan fingerprint density at radius 1 is 1.10 bits per heavy atom. The third-order valence-corrected chi connectivity index (χ3v) is 5.00. The SMILES string of the molecule is COc1ncc(C(=O)c2cn(Cc3cccc(C)n3)c3ccccc3c2=O)cc1C. The van der Waals surface area contributed by atoms with Gasteiger partial charge in [-0.15, -0.1) is 0 Å². The molecule has 0 N–H and O–H groups in total. The zero-order valence-corrected chi connectivity index (χ0v) is 17.0. The molecule has 3 heterocycles. The normalized spacial score (nSPS) is 10.9. The Bertz CT molecular complexity index is 1330. The first kappa shape index (κ1) is 19.5. The van der Waals surface area contributed by atoms with Crippen molar-refractivity contribution in [2.75, 3.05) is 7.11 Å². The van der Waals surface area contributed by atoms with Gasteiger partial charge in [0.05, 0.1) is 30.4 Å². The van der Waals surface area contributed by atoms with Crippen molar-refractivity contribution in [1.82, 2.24) is 14.5 Å². The van der Waals surface area contributed by atoms with Crippen LogP contribution in [0.3, 0.4) is 0 Å². The Hall–Kier alpha value is -3.80. The molecule has 30 heavy (non-hydrogen) atoms. The van der Waals surface area contributed by atoms with Crippen LogP contribution in [0, 0.1) is 13.8 Å². The molecule has 0 aliphatic heterocycles. The van der Waals surface area contributed by atoms with E-state index in [-0.39, 0.29) is 16.8 Å². The number of aryl methyl sites for hydroxylation is 2. The first-order valence-electron chi connectivity index (χ1n) is 9.58. The Morgan fingerprint density at radius 2 is 1.90 bits per heavy atom. The molecule has 0 atom stereocenters. The average molecular weight is 399 g/mol. The van der Waals surface area contributed by atoms with Crippen LogP contribution in [-0.4, -0.2) is 27.4 Å². The smallest absolute Gasteiger partial charge is 0.215 e. The largest absolute Gasteiger partial charge is 0.481 e. The van der Waals surface area contributed by atoms with Gasteiger partial charge in [0.15, 0.2) is 5.78 Å². The summed E-state index contributed by atoms with van der Waals surface area (Å²) in [5, 5.41) is 0.495. The molecular formula is C24H21N3O3. The van der Waals surface area contributed by atoms with Crippen molar-refractivity contribution in [2.24, 2.45) is 0 Å². The lowest BCUT2D eigenvalue weighted by Gasteiger charge is -2.13. The van der Waals surface area contributed by atoms with Crippen molar-refractivity contribution in [2.45, 2.75) is 20.4 Å². The Kier molecular flexibility index (Phi) is 5.14. The number of fused-ring (bicyclic) bond motifs is 1. The first-order chi connectivity index (χ1) is 14.5. The van der Waals surface area contributed by atoms with E-state index in [1.807, 2.05) is 48.7 Å². The summed E-state index contributed by atoms with van der Waals surface area (Å²) in [6.07, 6.45) is 3.06. The maximum absolute atomic E-state index is 13.2. The number of ether oxygens (including phenoxy) is 1. The van der Waals surface area contributed by atoms with Gasteiger partial charge in [0, 0.05) is 34.6 Å². The fraction of sp³-hybridized carbons (Fsp3) is 0.167. The van der Waals surface area contributed by atoms with Crippen LogP contribution in [0.4, 0.5) is 0 Å². The number of pyridine rings is 3. The van der Waals surface area contributed by atoms with Gasteiger partial charge in [0.2, 0.25) is 11.3 Å².